The zero-order valence-corrected chi connectivity index (χ0v) is 20.1. The van der Waals surface area contributed by atoms with Crippen LogP contribution in [0.2, 0.25) is 0 Å². The third-order valence-electron chi connectivity index (χ3n) is 4.77. The van der Waals surface area contributed by atoms with Crippen molar-refractivity contribution in [3.8, 4) is 5.75 Å². The summed E-state index contributed by atoms with van der Waals surface area (Å²) in [5.74, 6) is 0.871. The maximum atomic E-state index is 12.4. The first kappa shape index (κ1) is 25.5. The Balaban J connectivity index is 1.98. The minimum absolute atomic E-state index is 0.0502. The van der Waals surface area contributed by atoms with Gasteiger partial charge in [-0.15, -0.1) is 0 Å². The summed E-state index contributed by atoms with van der Waals surface area (Å²) in [6.07, 6.45) is 5.71. The maximum Gasteiger partial charge on any atom is 0.242 e. The van der Waals surface area contributed by atoms with Crippen LogP contribution in [0.25, 0.3) is 0 Å². The molecule has 178 valence electrons. The molecule has 1 aliphatic carbocycles. The van der Waals surface area contributed by atoms with Gasteiger partial charge in [0, 0.05) is 17.3 Å². The number of carbonyl (C=O) groups is 2. The molecule has 0 heterocycles. The predicted molar refractivity (Wildman–Crippen MR) is 129 cm³/mol. The largest absolute Gasteiger partial charge is 0.491 e. The van der Waals surface area contributed by atoms with Crippen LogP contribution in [0.4, 0.5) is 5.69 Å². The summed E-state index contributed by atoms with van der Waals surface area (Å²) in [4.78, 5) is 28.9. The molecule has 4 N–H and O–H groups in total. The molecule has 0 aromatic heterocycles. The number of ether oxygens (including phenoxy) is 1. The average molecular weight is 446 g/mol. The van der Waals surface area contributed by atoms with Gasteiger partial charge in [-0.3, -0.25) is 9.59 Å². The van der Waals surface area contributed by atoms with Gasteiger partial charge in [-0.05, 0) is 71.7 Å². The maximum absolute atomic E-state index is 12.4. The fourth-order valence-electron chi connectivity index (χ4n) is 3.46. The Morgan fingerprint density at radius 2 is 1.72 bits per heavy atom. The summed E-state index contributed by atoms with van der Waals surface area (Å²) in [5, 5.41) is 12.2. The molecule has 0 saturated heterocycles. The first-order chi connectivity index (χ1) is 15.1. The Morgan fingerprint density at radius 1 is 1.06 bits per heavy atom. The minimum Gasteiger partial charge on any atom is -0.491 e. The van der Waals surface area contributed by atoms with E-state index in [0.717, 1.165) is 37.1 Å². The smallest absolute Gasteiger partial charge is 0.242 e. The van der Waals surface area contributed by atoms with E-state index in [1.165, 1.54) is 6.42 Å². The van der Waals surface area contributed by atoms with Crippen LogP contribution in [0.3, 0.4) is 0 Å². The van der Waals surface area contributed by atoms with Gasteiger partial charge in [-0.1, -0.05) is 19.3 Å². The Bertz CT molecular complexity index is 763. The molecule has 0 atom stereocenters. The van der Waals surface area contributed by atoms with Crippen molar-refractivity contribution in [2.24, 2.45) is 4.99 Å². The highest BCUT2D eigenvalue weighted by atomic mass is 16.5. The molecular weight excluding hydrogens is 406 g/mol. The van der Waals surface area contributed by atoms with Crippen molar-refractivity contribution in [1.82, 2.24) is 16.0 Å². The van der Waals surface area contributed by atoms with Crippen LogP contribution in [-0.2, 0) is 9.59 Å². The van der Waals surface area contributed by atoms with Crippen molar-refractivity contribution in [2.75, 3.05) is 18.4 Å². The zero-order valence-electron chi connectivity index (χ0n) is 20.1. The molecule has 0 aliphatic heterocycles. The van der Waals surface area contributed by atoms with E-state index in [0.29, 0.717) is 5.96 Å². The second-order valence-electron chi connectivity index (χ2n) is 9.53. The van der Waals surface area contributed by atoms with Crippen LogP contribution in [0.1, 0.15) is 66.7 Å². The third kappa shape index (κ3) is 10.5. The van der Waals surface area contributed by atoms with E-state index in [-0.39, 0.29) is 42.6 Å². The van der Waals surface area contributed by atoms with Crippen LogP contribution in [0.15, 0.2) is 29.3 Å². The molecule has 1 fully saturated rings. The number of benzene rings is 1. The SMILES string of the molecule is CC(C)Oc1ccc(NC(=NCC(=O)NC(C)(C)C)NCC(=O)NC2CCCCC2)cc1. The van der Waals surface area contributed by atoms with Gasteiger partial charge < -0.3 is 26.0 Å². The zero-order chi connectivity index (χ0) is 23.6. The number of nitrogens with zero attached hydrogens (tertiary/aromatic N) is 1. The number of rotatable bonds is 8. The van der Waals surface area contributed by atoms with Crippen LogP contribution in [0, 0.1) is 0 Å². The number of amides is 2. The van der Waals surface area contributed by atoms with Crippen LogP contribution >= 0.6 is 0 Å². The Labute approximate surface area is 192 Å². The molecule has 0 radical (unpaired) electrons. The Hall–Kier alpha value is -2.77. The first-order valence-corrected chi connectivity index (χ1v) is 11.5. The Kier molecular flexibility index (Phi) is 9.81. The van der Waals surface area contributed by atoms with Crippen molar-refractivity contribution < 1.29 is 14.3 Å². The first-order valence-electron chi connectivity index (χ1n) is 11.5. The van der Waals surface area contributed by atoms with E-state index in [4.69, 9.17) is 4.74 Å². The van der Waals surface area contributed by atoms with Crippen molar-refractivity contribution in [3.05, 3.63) is 24.3 Å². The van der Waals surface area contributed by atoms with Gasteiger partial charge in [0.2, 0.25) is 11.8 Å². The van der Waals surface area contributed by atoms with Gasteiger partial charge in [0.1, 0.15) is 12.3 Å². The average Bonchev–Trinajstić information content (AvgIpc) is 2.70. The summed E-state index contributed by atoms with van der Waals surface area (Å²) in [6, 6.07) is 7.71. The van der Waals surface area contributed by atoms with E-state index in [2.05, 4.69) is 26.3 Å². The molecule has 32 heavy (non-hydrogen) atoms. The molecular formula is C24H39N5O3. The van der Waals surface area contributed by atoms with E-state index in [9.17, 15) is 9.59 Å². The van der Waals surface area contributed by atoms with Crippen molar-refractivity contribution in [1.29, 1.82) is 0 Å². The number of hydrogen-bond donors (Lipinski definition) is 4. The standard InChI is InChI=1S/C24H39N5O3/c1-17(2)32-20-13-11-19(12-14-20)28-23(26-16-22(31)29-24(3,4)5)25-15-21(30)27-18-9-7-6-8-10-18/h11-14,17-18H,6-10,15-16H2,1-5H3,(H,27,30)(H,29,31)(H2,25,26,28). The summed E-state index contributed by atoms with van der Waals surface area (Å²) >= 11 is 0. The summed E-state index contributed by atoms with van der Waals surface area (Å²) in [6.45, 7) is 9.74. The van der Waals surface area contributed by atoms with Gasteiger partial charge in [0.05, 0.1) is 12.6 Å². The molecule has 8 heteroatoms. The summed E-state index contributed by atoms with van der Waals surface area (Å²) < 4.78 is 5.67. The highest BCUT2D eigenvalue weighted by molar-refractivity contribution is 5.97. The van der Waals surface area contributed by atoms with Crippen LogP contribution in [-0.4, -0.2) is 48.5 Å². The molecule has 8 nitrogen and oxygen atoms in total. The van der Waals surface area contributed by atoms with E-state index in [1.807, 2.05) is 58.9 Å². The van der Waals surface area contributed by atoms with Gasteiger partial charge in [-0.25, -0.2) is 4.99 Å². The van der Waals surface area contributed by atoms with Gasteiger partial charge in [0.25, 0.3) is 0 Å². The number of carbonyl (C=O) groups excluding carboxylic acids is 2. The topological polar surface area (TPSA) is 104 Å². The number of aliphatic imine (C=N–C) groups is 1. The van der Waals surface area contributed by atoms with E-state index >= 15 is 0 Å². The second-order valence-corrected chi connectivity index (χ2v) is 9.53. The lowest BCUT2D eigenvalue weighted by Crippen LogP contribution is -2.45. The van der Waals surface area contributed by atoms with Crippen LogP contribution < -0.4 is 26.0 Å². The summed E-state index contributed by atoms with van der Waals surface area (Å²) in [7, 11) is 0. The summed E-state index contributed by atoms with van der Waals surface area (Å²) in [5.41, 5.74) is 0.441. The fraction of sp³-hybridized carbons (Fsp3) is 0.625. The van der Waals surface area contributed by atoms with Crippen LogP contribution in [0.5, 0.6) is 5.75 Å². The number of nitrogens with one attached hydrogen (secondary N) is 4. The van der Waals surface area contributed by atoms with Gasteiger partial charge in [0.15, 0.2) is 5.96 Å². The fourth-order valence-corrected chi connectivity index (χ4v) is 3.46. The van der Waals surface area contributed by atoms with Crippen molar-refractivity contribution >= 4 is 23.5 Å². The Morgan fingerprint density at radius 3 is 2.31 bits per heavy atom. The second kappa shape index (κ2) is 12.3. The minimum atomic E-state index is -0.334. The molecule has 1 saturated carbocycles. The van der Waals surface area contributed by atoms with Gasteiger partial charge >= 0.3 is 0 Å². The third-order valence-corrected chi connectivity index (χ3v) is 4.77. The van der Waals surface area contributed by atoms with Crippen molar-refractivity contribution in [3.63, 3.8) is 0 Å². The number of guanidine groups is 1. The molecule has 2 rings (SSSR count). The molecule has 1 aromatic rings. The highest BCUT2D eigenvalue weighted by Gasteiger charge is 2.16. The number of anilines is 1. The molecule has 1 aromatic carbocycles. The van der Waals surface area contributed by atoms with Gasteiger partial charge in [-0.2, -0.15) is 0 Å². The molecule has 2 amide bonds. The lowest BCUT2D eigenvalue weighted by molar-refractivity contribution is -0.121. The lowest BCUT2D eigenvalue weighted by atomic mass is 9.95. The van der Waals surface area contributed by atoms with E-state index in [1.54, 1.807) is 0 Å². The monoisotopic (exact) mass is 445 g/mol. The predicted octanol–water partition coefficient (Wildman–Crippen LogP) is 3.19. The van der Waals surface area contributed by atoms with E-state index < -0.39 is 0 Å². The highest BCUT2D eigenvalue weighted by Crippen LogP contribution is 2.18. The quantitative estimate of drug-likeness (QED) is 0.363. The normalized spacial score (nSPS) is 15.2. The molecule has 0 bridgehead atoms. The molecule has 1 aliphatic rings. The molecule has 0 spiro atoms. The molecule has 0 unspecified atom stereocenters. The number of hydrogen-bond acceptors (Lipinski definition) is 4. The van der Waals surface area contributed by atoms with Crippen molar-refractivity contribution in [2.45, 2.75) is 84.4 Å². The lowest BCUT2D eigenvalue weighted by Gasteiger charge is -2.23.